The fraction of sp³-hybridized carbons (Fsp3) is 0.211. The number of amides is 1. The molecule has 0 fully saturated rings. The van der Waals surface area contributed by atoms with Gasteiger partial charge in [0.05, 0.1) is 0 Å². The highest BCUT2D eigenvalue weighted by atomic mass is 16.1. The van der Waals surface area contributed by atoms with Crippen LogP contribution in [0.3, 0.4) is 0 Å². The lowest BCUT2D eigenvalue weighted by atomic mass is 10.0. The molecular formula is C19H21NO. The second kappa shape index (κ2) is 7.44. The van der Waals surface area contributed by atoms with Crippen molar-refractivity contribution >= 4 is 11.5 Å². The summed E-state index contributed by atoms with van der Waals surface area (Å²) in [6, 6.07) is 20.1. The largest absolute Gasteiger partial charge is 0.352 e. The molecule has 2 aromatic carbocycles. The summed E-state index contributed by atoms with van der Waals surface area (Å²) < 4.78 is 0. The van der Waals surface area contributed by atoms with Crippen LogP contribution in [0.4, 0.5) is 0 Å². The Hall–Kier alpha value is -2.35. The van der Waals surface area contributed by atoms with Crippen LogP contribution in [0.5, 0.6) is 0 Å². The lowest BCUT2D eigenvalue weighted by molar-refractivity contribution is -0.116. The standard InChI is InChI=1S/C19H21NO/c1-15(17-9-5-3-6-10-17)13-19(21)20-14-16(2)18-11-7-4-8-12-18/h3-13,16H,14H2,1-2H3,(H,20,21)/b15-13+. The van der Waals surface area contributed by atoms with Crippen molar-refractivity contribution in [2.75, 3.05) is 6.54 Å². The fourth-order valence-electron chi connectivity index (χ4n) is 2.19. The Bertz CT molecular complexity index is 602. The Morgan fingerprint density at radius 3 is 2.24 bits per heavy atom. The Labute approximate surface area is 126 Å². The first-order chi connectivity index (χ1) is 10.2. The van der Waals surface area contributed by atoms with Gasteiger partial charge in [-0.1, -0.05) is 67.6 Å². The molecule has 0 heterocycles. The summed E-state index contributed by atoms with van der Waals surface area (Å²) in [5.74, 6) is 0.264. The fourth-order valence-corrected chi connectivity index (χ4v) is 2.19. The normalized spacial score (nSPS) is 12.8. The van der Waals surface area contributed by atoms with Crippen molar-refractivity contribution in [1.29, 1.82) is 0 Å². The minimum Gasteiger partial charge on any atom is -0.352 e. The molecule has 0 aromatic heterocycles. The molecule has 2 rings (SSSR count). The number of allylic oxidation sites excluding steroid dienone is 1. The first-order valence-electron chi connectivity index (χ1n) is 7.23. The molecule has 0 radical (unpaired) electrons. The molecule has 1 atom stereocenters. The molecule has 108 valence electrons. The minimum atomic E-state index is -0.0425. The first kappa shape index (κ1) is 15.0. The molecule has 21 heavy (non-hydrogen) atoms. The molecule has 0 aliphatic heterocycles. The molecule has 1 N–H and O–H groups in total. The predicted octanol–water partition coefficient (Wildman–Crippen LogP) is 4.01. The van der Waals surface area contributed by atoms with Crippen LogP contribution in [-0.4, -0.2) is 12.5 Å². The summed E-state index contributed by atoms with van der Waals surface area (Å²) in [6.07, 6.45) is 1.66. The van der Waals surface area contributed by atoms with Crippen LogP contribution in [0.15, 0.2) is 66.7 Å². The van der Waals surface area contributed by atoms with Crippen LogP contribution < -0.4 is 5.32 Å². The van der Waals surface area contributed by atoms with E-state index in [9.17, 15) is 4.79 Å². The summed E-state index contributed by atoms with van der Waals surface area (Å²) in [6.45, 7) is 4.71. The Morgan fingerprint density at radius 2 is 1.62 bits per heavy atom. The average Bonchev–Trinajstić information content (AvgIpc) is 2.54. The topological polar surface area (TPSA) is 29.1 Å². The SMILES string of the molecule is C/C(=C\C(=O)NCC(C)c1ccccc1)c1ccccc1. The highest BCUT2D eigenvalue weighted by Gasteiger charge is 2.06. The van der Waals surface area contributed by atoms with E-state index in [1.165, 1.54) is 5.56 Å². The Kier molecular flexibility index (Phi) is 5.33. The Balaban J connectivity index is 1.90. The maximum absolute atomic E-state index is 12.0. The average molecular weight is 279 g/mol. The molecule has 0 saturated carbocycles. The van der Waals surface area contributed by atoms with Crippen molar-refractivity contribution in [1.82, 2.24) is 5.32 Å². The number of carbonyl (C=O) groups is 1. The number of hydrogen-bond acceptors (Lipinski definition) is 1. The lowest BCUT2D eigenvalue weighted by Crippen LogP contribution is -2.25. The van der Waals surface area contributed by atoms with Crippen molar-refractivity contribution in [2.45, 2.75) is 19.8 Å². The lowest BCUT2D eigenvalue weighted by Gasteiger charge is -2.12. The van der Waals surface area contributed by atoms with Gasteiger partial charge in [0.1, 0.15) is 0 Å². The van der Waals surface area contributed by atoms with Crippen molar-refractivity contribution in [3.05, 3.63) is 77.9 Å². The van der Waals surface area contributed by atoms with Crippen LogP contribution in [0, 0.1) is 0 Å². The van der Waals surface area contributed by atoms with E-state index in [-0.39, 0.29) is 5.91 Å². The molecule has 2 aromatic rings. The first-order valence-corrected chi connectivity index (χ1v) is 7.23. The van der Waals surface area contributed by atoms with E-state index < -0.39 is 0 Å². The van der Waals surface area contributed by atoms with Crippen LogP contribution >= 0.6 is 0 Å². The molecule has 0 aliphatic rings. The van der Waals surface area contributed by atoms with Gasteiger partial charge in [0.15, 0.2) is 0 Å². The molecule has 2 heteroatoms. The molecule has 2 nitrogen and oxygen atoms in total. The van der Waals surface area contributed by atoms with Crippen LogP contribution in [0.25, 0.3) is 5.57 Å². The zero-order valence-electron chi connectivity index (χ0n) is 12.5. The zero-order valence-corrected chi connectivity index (χ0v) is 12.5. The number of carbonyl (C=O) groups excluding carboxylic acids is 1. The summed E-state index contributed by atoms with van der Waals surface area (Å²) in [7, 11) is 0. The van der Waals surface area contributed by atoms with E-state index in [0.717, 1.165) is 11.1 Å². The van der Waals surface area contributed by atoms with Gasteiger partial charge in [-0.2, -0.15) is 0 Å². The van der Waals surface area contributed by atoms with Gasteiger partial charge in [0.25, 0.3) is 0 Å². The van der Waals surface area contributed by atoms with Gasteiger partial charge >= 0.3 is 0 Å². The third-order valence-electron chi connectivity index (χ3n) is 3.53. The second-order valence-electron chi connectivity index (χ2n) is 5.25. The van der Waals surface area contributed by atoms with Crippen LogP contribution in [0.1, 0.15) is 30.9 Å². The third kappa shape index (κ3) is 4.60. The highest BCUT2D eigenvalue weighted by Crippen LogP contribution is 2.14. The maximum Gasteiger partial charge on any atom is 0.244 e. The molecule has 1 amide bonds. The van der Waals surface area contributed by atoms with Crippen LogP contribution in [0.2, 0.25) is 0 Å². The predicted molar refractivity (Wildman–Crippen MR) is 88.0 cm³/mol. The Morgan fingerprint density at radius 1 is 1.05 bits per heavy atom. The van der Waals surface area contributed by atoms with Gasteiger partial charge in [-0.3, -0.25) is 4.79 Å². The summed E-state index contributed by atoms with van der Waals surface area (Å²) in [5.41, 5.74) is 3.28. The monoisotopic (exact) mass is 279 g/mol. The number of rotatable bonds is 5. The summed E-state index contributed by atoms with van der Waals surface area (Å²) in [4.78, 5) is 12.0. The van der Waals surface area contributed by atoms with E-state index in [4.69, 9.17) is 0 Å². The molecule has 0 saturated heterocycles. The van der Waals surface area contributed by atoms with E-state index in [1.54, 1.807) is 6.08 Å². The molecule has 0 bridgehead atoms. The third-order valence-corrected chi connectivity index (χ3v) is 3.53. The number of hydrogen-bond donors (Lipinski definition) is 1. The van der Waals surface area contributed by atoms with Gasteiger partial charge in [0.2, 0.25) is 5.91 Å². The number of benzene rings is 2. The highest BCUT2D eigenvalue weighted by molar-refractivity contribution is 5.94. The summed E-state index contributed by atoms with van der Waals surface area (Å²) >= 11 is 0. The van der Waals surface area contributed by atoms with E-state index in [0.29, 0.717) is 12.5 Å². The second-order valence-corrected chi connectivity index (χ2v) is 5.25. The quantitative estimate of drug-likeness (QED) is 0.823. The van der Waals surface area contributed by atoms with Crippen LogP contribution in [-0.2, 0) is 4.79 Å². The van der Waals surface area contributed by atoms with E-state index in [2.05, 4.69) is 24.4 Å². The minimum absolute atomic E-state index is 0.0425. The van der Waals surface area contributed by atoms with Gasteiger partial charge in [-0.25, -0.2) is 0 Å². The molecule has 1 unspecified atom stereocenters. The van der Waals surface area contributed by atoms with Crippen molar-refractivity contribution in [3.8, 4) is 0 Å². The summed E-state index contributed by atoms with van der Waals surface area (Å²) in [5, 5.41) is 2.97. The smallest absolute Gasteiger partial charge is 0.244 e. The van der Waals surface area contributed by atoms with Crippen molar-refractivity contribution in [3.63, 3.8) is 0 Å². The molecule has 0 aliphatic carbocycles. The van der Waals surface area contributed by atoms with Gasteiger partial charge in [-0.15, -0.1) is 0 Å². The number of nitrogens with one attached hydrogen (secondary N) is 1. The zero-order chi connectivity index (χ0) is 15.1. The maximum atomic E-state index is 12.0. The molecule has 0 spiro atoms. The van der Waals surface area contributed by atoms with Crippen molar-refractivity contribution in [2.24, 2.45) is 0 Å². The van der Waals surface area contributed by atoms with Gasteiger partial charge < -0.3 is 5.32 Å². The van der Waals surface area contributed by atoms with Crippen molar-refractivity contribution < 1.29 is 4.79 Å². The van der Waals surface area contributed by atoms with Gasteiger partial charge in [0, 0.05) is 12.6 Å². The molecular weight excluding hydrogens is 258 g/mol. The van der Waals surface area contributed by atoms with Gasteiger partial charge in [-0.05, 0) is 29.5 Å². The van der Waals surface area contributed by atoms with E-state index >= 15 is 0 Å². The van der Waals surface area contributed by atoms with E-state index in [1.807, 2.05) is 55.5 Å².